The number of ketones is 1. The van der Waals surface area contributed by atoms with E-state index in [1.165, 1.54) is 0 Å². The van der Waals surface area contributed by atoms with Crippen LogP contribution < -0.4 is 0 Å². The third-order valence-corrected chi connectivity index (χ3v) is 3.26. The maximum Gasteiger partial charge on any atom is 0.159 e. The minimum atomic E-state index is 0.0324. The minimum Gasteiger partial charge on any atom is -0.295 e. The van der Waals surface area contributed by atoms with Crippen LogP contribution in [-0.2, 0) is 0 Å². The number of hydrogen-bond acceptors (Lipinski definition) is 3. The van der Waals surface area contributed by atoms with Gasteiger partial charge in [0.25, 0.3) is 0 Å². The number of carbonyl (C=O) groups excluding carboxylic acids is 1. The molecule has 3 aromatic rings. The average Bonchev–Trinajstić information content (AvgIpc) is 2.56. The van der Waals surface area contributed by atoms with Crippen LogP contribution in [0, 0.1) is 0 Å². The molecule has 1 aromatic carbocycles. The third-order valence-electron chi connectivity index (χ3n) is 3.26. The van der Waals surface area contributed by atoms with Gasteiger partial charge in [0.1, 0.15) is 0 Å². The van der Waals surface area contributed by atoms with Gasteiger partial charge in [-0.2, -0.15) is 0 Å². The van der Waals surface area contributed by atoms with Gasteiger partial charge in [-0.25, -0.2) is 0 Å². The van der Waals surface area contributed by atoms with Crippen molar-refractivity contribution in [3.05, 3.63) is 72.6 Å². The molecule has 3 rings (SSSR count). The Hall–Kier alpha value is -2.81. The van der Waals surface area contributed by atoms with E-state index in [4.69, 9.17) is 0 Å². The largest absolute Gasteiger partial charge is 0.295 e. The van der Waals surface area contributed by atoms with E-state index in [2.05, 4.69) is 9.97 Å². The molecule has 0 saturated heterocycles. The molecular weight excluding hydrogens is 260 g/mol. The van der Waals surface area contributed by atoms with Gasteiger partial charge in [0.15, 0.2) is 5.78 Å². The van der Waals surface area contributed by atoms with Gasteiger partial charge in [-0.15, -0.1) is 0 Å². The second-order valence-corrected chi connectivity index (χ2v) is 4.79. The number of benzene rings is 1. The summed E-state index contributed by atoms with van der Waals surface area (Å²) < 4.78 is 0. The first-order valence-corrected chi connectivity index (χ1v) is 6.73. The van der Waals surface area contributed by atoms with Gasteiger partial charge in [0.05, 0.1) is 11.4 Å². The van der Waals surface area contributed by atoms with Crippen LogP contribution in [0.1, 0.15) is 17.3 Å². The molecule has 102 valence electrons. The number of carbonyl (C=O) groups is 1. The lowest BCUT2D eigenvalue weighted by Gasteiger charge is -2.08. The molecule has 0 aliphatic heterocycles. The van der Waals surface area contributed by atoms with Crippen LogP contribution in [-0.4, -0.2) is 15.8 Å². The van der Waals surface area contributed by atoms with E-state index in [0.29, 0.717) is 5.56 Å². The monoisotopic (exact) mass is 274 g/mol. The number of aromatic nitrogens is 2. The van der Waals surface area contributed by atoms with E-state index in [9.17, 15) is 4.79 Å². The zero-order valence-electron chi connectivity index (χ0n) is 11.7. The molecule has 2 aromatic heterocycles. The lowest BCUT2D eigenvalue weighted by molar-refractivity contribution is 0.101. The molecule has 3 heteroatoms. The fourth-order valence-corrected chi connectivity index (χ4v) is 2.19. The summed E-state index contributed by atoms with van der Waals surface area (Å²) in [5.74, 6) is 0.0324. The predicted molar refractivity (Wildman–Crippen MR) is 82.9 cm³/mol. The Labute approximate surface area is 123 Å². The Bertz CT molecular complexity index is 710. The van der Waals surface area contributed by atoms with Crippen molar-refractivity contribution in [2.24, 2.45) is 0 Å². The molecule has 0 fully saturated rings. The number of Topliss-reactive ketones (excluding diaryl/α,β-unsaturated/α-hetero) is 1. The van der Waals surface area contributed by atoms with Crippen LogP contribution >= 0.6 is 0 Å². The average molecular weight is 274 g/mol. The van der Waals surface area contributed by atoms with E-state index in [1.807, 2.05) is 54.6 Å². The van der Waals surface area contributed by atoms with Crippen molar-refractivity contribution in [3.8, 4) is 22.5 Å². The highest BCUT2D eigenvalue weighted by molar-refractivity contribution is 5.96. The van der Waals surface area contributed by atoms with Crippen molar-refractivity contribution >= 4 is 5.78 Å². The molecule has 0 unspecified atom stereocenters. The smallest absolute Gasteiger partial charge is 0.159 e. The number of nitrogens with zero attached hydrogens (tertiary/aromatic N) is 2. The second-order valence-electron chi connectivity index (χ2n) is 4.79. The third kappa shape index (κ3) is 2.87. The van der Waals surface area contributed by atoms with E-state index in [1.54, 1.807) is 19.3 Å². The molecule has 21 heavy (non-hydrogen) atoms. The van der Waals surface area contributed by atoms with Gasteiger partial charge < -0.3 is 0 Å². The van der Waals surface area contributed by atoms with Crippen molar-refractivity contribution in [2.75, 3.05) is 0 Å². The van der Waals surface area contributed by atoms with Crippen molar-refractivity contribution in [3.63, 3.8) is 0 Å². The number of rotatable bonds is 3. The van der Waals surface area contributed by atoms with E-state index >= 15 is 0 Å². The van der Waals surface area contributed by atoms with E-state index in [-0.39, 0.29) is 5.78 Å². The van der Waals surface area contributed by atoms with Crippen molar-refractivity contribution in [2.45, 2.75) is 6.92 Å². The fourth-order valence-electron chi connectivity index (χ4n) is 2.19. The quantitative estimate of drug-likeness (QED) is 0.678. The molecule has 0 radical (unpaired) electrons. The van der Waals surface area contributed by atoms with E-state index < -0.39 is 0 Å². The van der Waals surface area contributed by atoms with Crippen LogP contribution in [0.3, 0.4) is 0 Å². The van der Waals surface area contributed by atoms with Crippen LogP contribution in [0.4, 0.5) is 0 Å². The van der Waals surface area contributed by atoms with Gasteiger partial charge in [-0.3, -0.25) is 14.8 Å². The van der Waals surface area contributed by atoms with Gasteiger partial charge in [-0.05, 0) is 49.4 Å². The number of hydrogen-bond donors (Lipinski definition) is 0. The summed E-state index contributed by atoms with van der Waals surface area (Å²) in [6.45, 7) is 1.57. The van der Waals surface area contributed by atoms with Crippen molar-refractivity contribution in [1.29, 1.82) is 0 Å². The summed E-state index contributed by atoms with van der Waals surface area (Å²) in [6, 6.07) is 17.2. The first-order valence-electron chi connectivity index (χ1n) is 6.73. The summed E-state index contributed by atoms with van der Waals surface area (Å²) in [4.78, 5) is 20.5. The lowest BCUT2D eigenvalue weighted by Crippen LogP contribution is -1.95. The molecule has 0 aliphatic carbocycles. The number of pyridine rings is 2. The summed E-state index contributed by atoms with van der Waals surface area (Å²) in [5, 5.41) is 0. The van der Waals surface area contributed by atoms with Gasteiger partial charge >= 0.3 is 0 Å². The minimum absolute atomic E-state index is 0.0324. The Kier molecular flexibility index (Phi) is 3.56. The molecule has 0 spiro atoms. The topological polar surface area (TPSA) is 42.9 Å². The summed E-state index contributed by atoms with van der Waals surface area (Å²) in [5.41, 5.74) is 4.20. The first-order chi connectivity index (χ1) is 10.2. The van der Waals surface area contributed by atoms with Crippen molar-refractivity contribution in [1.82, 2.24) is 9.97 Å². The molecular formula is C18H14N2O. The van der Waals surface area contributed by atoms with Crippen molar-refractivity contribution < 1.29 is 4.79 Å². The van der Waals surface area contributed by atoms with Crippen LogP contribution in [0.15, 0.2) is 67.0 Å². The molecule has 0 amide bonds. The molecule has 2 heterocycles. The Morgan fingerprint density at radius 2 is 1.33 bits per heavy atom. The zero-order chi connectivity index (χ0) is 14.7. The Morgan fingerprint density at radius 3 is 1.71 bits per heavy atom. The summed E-state index contributed by atoms with van der Waals surface area (Å²) in [7, 11) is 0. The zero-order valence-corrected chi connectivity index (χ0v) is 11.7. The molecule has 3 nitrogen and oxygen atoms in total. The summed E-state index contributed by atoms with van der Waals surface area (Å²) >= 11 is 0. The van der Waals surface area contributed by atoms with Crippen LogP contribution in [0.2, 0.25) is 0 Å². The van der Waals surface area contributed by atoms with E-state index in [0.717, 1.165) is 22.5 Å². The summed E-state index contributed by atoms with van der Waals surface area (Å²) in [6.07, 6.45) is 3.49. The molecule has 0 N–H and O–H groups in total. The lowest BCUT2D eigenvalue weighted by atomic mass is 9.99. The highest BCUT2D eigenvalue weighted by Gasteiger charge is 2.09. The highest BCUT2D eigenvalue weighted by Crippen LogP contribution is 2.26. The van der Waals surface area contributed by atoms with Crippen LogP contribution in [0.25, 0.3) is 22.5 Å². The van der Waals surface area contributed by atoms with Crippen LogP contribution in [0.5, 0.6) is 0 Å². The molecule has 0 saturated carbocycles. The highest BCUT2D eigenvalue weighted by atomic mass is 16.1. The maximum absolute atomic E-state index is 11.8. The van der Waals surface area contributed by atoms with Gasteiger partial charge in [0.2, 0.25) is 0 Å². The normalized spacial score (nSPS) is 10.3. The maximum atomic E-state index is 11.8. The standard InChI is InChI=1S/C18H14N2O/c1-13(21)14-10-15(17-6-2-4-8-19-17)12-16(11-14)18-7-3-5-9-20-18/h2-12H,1H3. The fraction of sp³-hybridized carbons (Fsp3) is 0.0556. The van der Waals surface area contributed by atoms with Gasteiger partial charge in [0, 0.05) is 29.1 Å². The first kappa shape index (κ1) is 13.2. The predicted octanol–water partition coefficient (Wildman–Crippen LogP) is 4.01. The second kappa shape index (κ2) is 5.67. The molecule has 0 bridgehead atoms. The Morgan fingerprint density at radius 1 is 0.810 bits per heavy atom. The molecule has 0 aliphatic rings. The molecule has 0 atom stereocenters. The van der Waals surface area contributed by atoms with Gasteiger partial charge in [-0.1, -0.05) is 12.1 Å². The SMILES string of the molecule is CC(=O)c1cc(-c2ccccn2)cc(-c2ccccn2)c1. The Balaban J connectivity index is 2.18.